The Morgan fingerprint density at radius 1 is 1.50 bits per heavy atom. The van der Waals surface area contributed by atoms with Gasteiger partial charge in [-0.15, -0.1) is 0 Å². The molecule has 0 bridgehead atoms. The Kier molecular flexibility index (Phi) is 6.14. The lowest BCUT2D eigenvalue weighted by Crippen LogP contribution is -1.84. The first-order valence-electron chi connectivity index (χ1n) is 3.15. The van der Waals surface area contributed by atoms with Crippen molar-refractivity contribution in [3.8, 4) is 0 Å². The Labute approximate surface area is 64.9 Å². The summed E-state index contributed by atoms with van der Waals surface area (Å²) >= 11 is 5.06. The van der Waals surface area contributed by atoms with Gasteiger partial charge in [-0.25, -0.2) is 4.79 Å². The molecule has 0 radical (unpaired) electrons. The third kappa shape index (κ3) is 7.41. The monoisotopic (exact) mass is 160 g/mol. The van der Waals surface area contributed by atoms with E-state index in [1.165, 1.54) is 6.08 Å². The second-order valence-electron chi connectivity index (χ2n) is 1.92. The van der Waals surface area contributed by atoms with Crippen LogP contribution in [0.2, 0.25) is 0 Å². The summed E-state index contributed by atoms with van der Waals surface area (Å²) in [5, 5.41) is -0.310. The highest BCUT2D eigenvalue weighted by Gasteiger charge is 1.93. The van der Waals surface area contributed by atoms with Gasteiger partial charge in [-0.1, -0.05) is 0 Å². The maximum atomic E-state index is 10.2. The molecule has 10 heavy (non-hydrogen) atoms. The molecule has 0 unspecified atom stereocenters. The van der Waals surface area contributed by atoms with Gasteiger partial charge < -0.3 is 0 Å². The molecule has 0 aromatic rings. The van der Waals surface area contributed by atoms with Crippen molar-refractivity contribution in [3.05, 3.63) is 6.08 Å². The number of hydrogen-bond acceptors (Lipinski definition) is 2. The van der Waals surface area contributed by atoms with Crippen LogP contribution in [0.15, 0.2) is 6.08 Å². The zero-order valence-electron chi connectivity index (χ0n) is 5.60. The predicted octanol–water partition coefficient (Wildman–Crippen LogP) is 1.70. The van der Waals surface area contributed by atoms with Crippen LogP contribution in [-0.4, -0.2) is 11.2 Å². The standard InChI is InChI=1S/C7H9ClO2/c8-7(10)5-3-1-2-4-6-9/h4H,1-3,5H2. The highest BCUT2D eigenvalue weighted by Crippen LogP contribution is 2.01. The van der Waals surface area contributed by atoms with Crippen LogP contribution >= 0.6 is 11.6 Å². The molecular formula is C7H9ClO2. The van der Waals surface area contributed by atoms with Crippen LogP contribution in [-0.2, 0) is 9.59 Å². The summed E-state index contributed by atoms with van der Waals surface area (Å²) in [4.78, 5) is 19.8. The molecule has 0 atom stereocenters. The molecular weight excluding hydrogens is 152 g/mol. The molecule has 0 aromatic heterocycles. The van der Waals surface area contributed by atoms with Gasteiger partial charge in [-0.3, -0.25) is 4.79 Å². The molecule has 2 nitrogen and oxygen atoms in total. The Balaban J connectivity index is 3.05. The quantitative estimate of drug-likeness (QED) is 0.349. The van der Waals surface area contributed by atoms with Gasteiger partial charge in [0, 0.05) is 6.42 Å². The number of carbonyl (C=O) groups excluding carboxylic acids is 2. The largest absolute Gasteiger partial charge is 0.281 e. The number of halogens is 1. The highest BCUT2D eigenvalue weighted by atomic mass is 35.5. The minimum Gasteiger partial charge on any atom is -0.281 e. The Morgan fingerprint density at radius 2 is 2.20 bits per heavy atom. The number of allylic oxidation sites excluding steroid dienone is 1. The van der Waals surface area contributed by atoms with Crippen molar-refractivity contribution in [2.75, 3.05) is 0 Å². The van der Waals surface area contributed by atoms with Gasteiger partial charge >= 0.3 is 0 Å². The van der Waals surface area contributed by atoms with E-state index in [9.17, 15) is 9.59 Å². The molecule has 0 heterocycles. The summed E-state index contributed by atoms with van der Waals surface area (Å²) in [6.45, 7) is 0. The van der Waals surface area contributed by atoms with Crippen molar-refractivity contribution < 1.29 is 9.59 Å². The van der Waals surface area contributed by atoms with E-state index in [4.69, 9.17) is 11.6 Å². The van der Waals surface area contributed by atoms with E-state index in [0.717, 1.165) is 12.8 Å². The van der Waals surface area contributed by atoms with Crippen LogP contribution < -0.4 is 0 Å². The molecule has 0 aliphatic heterocycles. The first kappa shape index (κ1) is 9.41. The van der Waals surface area contributed by atoms with E-state index in [1.807, 2.05) is 0 Å². The van der Waals surface area contributed by atoms with Crippen molar-refractivity contribution in [1.82, 2.24) is 0 Å². The molecule has 0 fully saturated rings. The summed E-state index contributed by atoms with van der Waals surface area (Å²) in [5.41, 5.74) is 0. The first-order valence-corrected chi connectivity index (χ1v) is 3.53. The van der Waals surface area contributed by atoms with Gasteiger partial charge in [0.15, 0.2) is 0 Å². The van der Waals surface area contributed by atoms with Gasteiger partial charge in [0.1, 0.15) is 5.94 Å². The Hall–Kier alpha value is -0.590. The molecule has 0 aromatic carbocycles. The van der Waals surface area contributed by atoms with Gasteiger partial charge in [0.25, 0.3) is 0 Å². The van der Waals surface area contributed by atoms with Crippen LogP contribution in [0.3, 0.4) is 0 Å². The Bertz CT molecular complexity index is 144. The average Bonchev–Trinajstić information content (AvgIpc) is 1.87. The van der Waals surface area contributed by atoms with Crippen LogP contribution in [0.5, 0.6) is 0 Å². The van der Waals surface area contributed by atoms with Gasteiger partial charge in [0.05, 0.1) is 0 Å². The summed E-state index contributed by atoms with van der Waals surface area (Å²) in [6.07, 6.45) is 4.08. The van der Waals surface area contributed by atoms with Crippen molar-refractivity contribution in [2.24, 2.45) is 0 Å². The van der Waals surface area contributed by atoms with E-state index >= 15 is 0 Å². The Morgan fingerprint density at radius 3 is 2.70 bits per heavy atom. The smallest absolute Gasteiger partial charge is 0.221 e. The fraction of sp³-hybridized carbons (Fsp3) is 0.571. The van der Waals surface area contributed by atoms with E-state index in [-0.39, 0.29) is 5.24 Å². The molecule has 3 heteroatoms. The van der Waals surface area contributed by atoms with Crippen molar-refractivity contribution in [3.63, 3.8) is 0 Å². The zero-order chi connectivity index (χ0) is 7.82. The van der Waals surface area contributed by atoms with Crippen molar-refractivity contribution in [2.45, 2.75) is 25.7 Å². The molecule has 0 amide bonds. The van der Waals surface area contributed by atoms with Crippen LogP contribution in [0.4, 0.5) is 0 Å². The molecule has 0 aliphatic carbocycles. The van der Waals surface area contributed by atoms with Crippen LogP contribution in [0, 0.1) is 0 Å². The second-order valence-corrected chi connectivity index (χ2v) is 2.34. The summed E-state index contributed by atoms with van der Waals surface area (Å²) in [7, 11) is 0. The van der Waals surface area contributed by atoms with E-state index in [2.05, 4.69) is 0 Å². The first-order chi connectivity index (χ1) is 4.77. The number of carbonyl (C=O) groups is 1. The number of unbranched alkanes of at least 4 members (excludes halogenated alkanes) is 2. The molecule has 0 aliphatic rings. The lowest BCUT2D eigenvalue weighted by Gasteiger charge is -1.89. The minimum absolute atomic E-state index is 0.310. The molecule has 0 saturated carbocycles. The fourth-order valence-corrected chi connectivity index (χ4v) is 0.703. The SMILES string of the molecule is O=C=CCCCCC(=O)Cl. The van der Waals surface area contributed by atoms with Gasteiger partial charge in [0.2, 0.25) is 5.24 Å². The van der Waals surface area contributed by atoms with E-state index in [1.54, 1.807) is 5.94 Å². The lowest BCUT2D eigenvalue weighted by atomic mass is 10.2. The average molecular weight is 161 g/mol. The molecule has 0 saturated heterocycles. The molecule has 0 spiro atoms. The summed E-state index contributed by atoms with van der Waals surface area (Å²) < 4.78 is 0. The van der Waals surface area contributed by atoms with Crippen LogP contribution in [0.1, 0.15) is 25.7 Å². The minimum atomic E-state index is -0.310. The topological polar surface area (TPSA) is 34.1 Å². The van der Waals surface area contributed by atoms with E-state index < -0.39 is 0 Å². The van der Waals surface area contributed by atoms with Gasteiger partial charge in [-0.2, -0.15) is 0 Å². The fourth-order valence-electron chi connectivity index (χ4n) is 0.569. The maximum absolute atomic E-state index is 10.2. The van der Waals surface area contributed by atoms with Crippen LogP contribution in [0.25, 0.3) is 0 Å². The second kappa shape index (κ2) is 6.53. The number of hydrogen-bond donors (Lipinski definition) is 0. The molecule has 56 valence electrons. The van der Waals surface area contributed by atoms with Gasteiger partial charge in [-0.05, 0) is 36.9 Å². The summed E-state index contributed by atoms with van der Waals surface area (Å²) in [5.74, 6) is 1.66. The molecule has 0 N–H and O–H groups in total. The highest BCUT2D eigenvalue weighted by molar-refractivity contribution is 6.63. The maximum Gasteiger partial charge on any atom is 0.221 e. The lowest BCUT2D eigenvalue weighted by molar-refractivity contribution is -0.111. The van der Waals surface area contributed by atoms with E-state index in [0.29, 0.717) is 12.8 Å². The summed E-state index contributed by atoms with van der Waals surface area (Å²) in [6, 6.07) is 0. The molecule has 0 rings (SSSR count). The third-order valence-electron chi connectivity index (χ3n) is 1.06. The predicted molar refractivity (Wildman–Crippen MR) is 39.6 cm³/mol. The van der Waals surface area contributed by atoms with Crippen molar-refractivity contribution in [1.29, 1.82) is 0 Å². The number of rotatable bonds is 5. The normalized spacial score (nSPS) is 8.50. The van der Waals surface area contributed by atoms with Crippen molar-refractivity contribution >= 4 is 22.8 Å². The zero-order valence-corrected chi connectivity index (χ0v) is 6.36. The third-order valence-corrected chi connectivity index (χ3v) is 1.24.